The van der Waals surface area contributed by atoms with Crippen molar-refractivity contribution in [2.75, 3.05) is 0 Å². The third kappa shape index (κ3) is 1.25. The third-order valence-corrected chi connectivity index (χ3v) is 7.89. The highest BCUT2D eigenvalue weighted by molar-refractivity contribution is 9.09. The van der Waals surface area contributed by atoms with E-state index in [1.54, 1.807) is 0 Å². The highest BCUT2D eigenvalue weighted by Crippen LogP contribution is 2.75. The van der Waals surface area contributed by atoms with Gasteiger partial charge in [0.2, 0.25) is 0 Å². The molecule has 3 atom stereocenters. The van der Waals surface area contributed by atoms with Crippen LogP contribution in [0.3, 0.4) is 0 Å². The summed E-state index contributed by atoms with van der Waals surface area (Å²) in [4.78, 5) is 13.8. The van der Waals surface area contributed by atoms with E-state index in [1.807, 2.05) is 12.1 Å². The van der Waals surface area contributed by atoms with Crippen LogP contribution in [0.1, 0.15) is 43.0 Å². The standard InChI is InChI=1S/C23H15BrO/c24-20-15-8-2-5-11-18(15)23-17-10-4-1-7-14(17)13-22(20,23)21(25)16-9-3-6-12-19(16)23/h1-12,20H,13H2/t20?,22-,23+/m1/s1. The molecule has 1 unspecified atom stereocenters. The minimum absolute atomic E-state index is 0.0310. The van der Waals surface area contributed by atoms with E-state index in [9.17, 15) is 4.79 Å². The molecule has 6 rings (SSSR count). The minimum Gasteiger partial charge on any atom is -0.293 e. The molecule has 120 valence electrons. The Morgan fingerprint density at radius 3 is 2.28 bits per heavy atom. The summed E-state index contributed by atoms with van der Waals surface area (Å²) < 4.78 is 0. The lowest BCUT2D eigenvalue weighted by atomic mass is 9.64. The van der Waals surface area contributed by atoms with Crippen molar-refractivity contribution in [1.29, 1.82) is 0 Å². The van der Waals surface area contributed by atoms with Gasteiger partial charge in [-0.05, 0) is 34.2 Å². The summed E-state index contributed by atoms with van der Waals surface area (Å²) in [7, 11) is 0. The number of alkyl halides is 1. The van der Waals surface area contributed by atoms with Gasteiger partial charge >= 0.3 is 0 Å². The molecular weight excluding hydrogens is 372 g/mol. The lowest BCUT2D eigenvalue weighted by Crippen LogP contribution is -2.42. The van der Waals surface area contributed by atoms with Gasteiger partial charge in [-0.1, -0.05) is 88.7 Å². The van der Waals surface area contributed by atoms with Gasteiger partial charge in [0.05, 0.1) is 15.7 Å². The van der Waals surface area contributed by atoms with Crippen LogP contribution < -0.4 is 0 Å². The Balaban J connectivity index is 1.88. The molecule has 0 aliphatic heterocycles. The van der Waals surface area contributed by atoms with Crippen molar-refractivity contribution in [2.24, 2.45) is 5.41 Å². The Kier molecular flexibility index (Phi) is 2.42. The molecule has 3 aromatic carbocycles. The molecular formula is C23H15BrO. The summed E-state index contributed by atoms with van der Waals surface area (Å²) in [5.74, 6) is 0.289. The van der Waals surface area contributed by atoms with Crippen LogP contribution in [0.4, 0.5) is 0 Å². The lowest BCUT2D eigenvalue weighted by molar-refractivity contribution is 0.0788. The maximum absolute atomic E-state index is 13.8. The van der Waals surface area contributed by atoms with Gasteiger partial charge in [0.15, 0.2) is 5.78 Å². The van der Waals surface area contributed by atoms with Crippen molar-refractivity contribution in [3.05, 3.63) is 106 Å². The highest BCUT2D eigenvalue weighted by atomic mass is 79.9. The molecule has 0 fully saturated rings. The van der Waals surface area contributed by atoms with E-state index >= 15 is 0 Å². The molecule has 3 aliphatic carbocycles. The van der Waals surface area contributed by atoms with Gasteiger partial charge in [-0.15, -0.1) is 0 Å². The van der Waals surface area contributed by atoms with Gasteiger partial charge in [-0.3, -0.25) is 4.79 Å². The Morgan fingerprint density at radius 2 is 1.44 bits per heavy atom. The number of hydrogen-bond donors (Lipinski definition) is 0. The number of hydrogen-bond acceptors (Lipinski definition) is 1. The second kappa shape index (κ2) is 4.31. The Morgan fingerprint density at radius 1 is 0.800 bits per heavy atom. The quantitative estimate of drug-likeness (QED) is 0.484. The number of carbonyl (C=O) groups excluding carboxylic acids is 1. The summed E-state index contributed by atoms with van der Waals surface area (Å²) in [6.07, 6.45) is 0.793. The number of carbonyl (C=O) groups is 1. The second-order valence-corrected chi connectivity index (χ2v) is 8.30. The molecule has 0 bridgehead atoms. The van der Waals surface area contributed by atoms with Crippen LogP contribution in [-0.4, -0.2) is 5.78 Å². The molecule has 1 nitrogen and oxygen atoms in total. The fourth-order valence-electron chi connectivity index (χ4n) is 5.85. The molecule has 3 aromatic rings. The number of benzene rings is 3. The maximum atomic E-state index is 13.8. The molecule has 2 heteroatoms. The molecule has 3 aliphatic rings. The predicted molar refractivity (Wildman–Crippen MR) is 101 cm³/mol. The monoisotopic (exact) mass is 386 g/mol. The normalized spacial score (nSPS) is 30.4. The van der Waals surface area contributed by atoms with Crippen LogP contribution in [0.2, 0.25) is 0 Å². The molecule has 0 saturated heterocycles. The van der Waals surface area contributed by atoms with Crippen LogP contribution in [0.15, 0.2) is 72.8 Å². The average molecular weight is 387 g/mol. The number of fused-ring (bicyclic) bond motifs is 3. The Labute approximate surface area is 154 Å². The van der Waals surface area contributed by atoms with Gasteiger partial charge in [0.1, 0.15) is 0 Å². The average Bonchev–Trinajstić information content (AvgIpc) is 3.18. The number of halogens is 1. The van der Waals surface area contributed by atoms with Crippen LogP contribution in [-0.2, 0) is 11.8 Å². The van der Waals surface area contributed by atoms with Gasteiger partial charge in [-0.25, -0.2) is 0 Å². The first-order valence-electron chi connectivity index (χ1n) is 8.69. The smallest absolute Gasteiger partial charge is 0.172 e. The molecule has 25 heavy (non-hydrogen) atoms. The molecule has 0 amide bonds. The van der Waals surface area contributed by atoms with E-state index in [1.165, 1.54) is 27.8 Å². The SMILES string of the molecule is O=C1c2ccccc2[C@@]23c4ccccc4C[C@@]12C(Br)c1ccccc13. The number of ketones is 1. The first-order valence-corrected chi connectivity index (χ1v) is 9.60. The number of rotatable bonds is 0. The van der Waals surface area contributed by atoms with Crippen molar-refractivity contribution in [1.82, 2.24) is 0 Å². The van der Waals surface area contributed by atoms with Gasteiger partial charge < -0.3 is 0 Å². The van der Waals surface area contributed by atoms with Crippen LogP contribution in [0.5, 0.6) is 0 Å². The molecule has 0 saturated carbocycles. The van der Waals surface area contributed by atoms with Crippen molar-refractivity contribution >= 4 is 21.7 Å². The lowest BCUT2D eigenvalue weighted by Gasteiger charge is -2.37. The molecule has 0 spiro atoms. The summed E-state index contributed by atoms with van der Waals surface area (Å²) in [5, 5.41) is 0. The van der Waals surface area contributed by atoms with Crippen molar-refractivity contribution < 1.29 is 4.79 Å². The third-order valence-electron chi connectivity index (χ3n) is 6.61. The topological polar surface area (TPSA) is 17.1 Å². The van der Waals surface area contributed by atoms with Crippen molar-refractivity contribution in [2.45, 2.75) is 16.7 Å². The zero-order valence-corrected chi connectivity index (χ0v) is 15.1. The molecule has 0 aromatic heterocycles. The van der Waals surface area contributed by atoms with E-state index in [4.69, 9.17) is 0 Å². The summed E-state index contributed by atoms with van der Waals surface area (Å²) in [6.45, 7) is 0. The van der Waals surface area contributed by atoms with E-state index in [0.717, 1.165) is 12.0 Å². The predicted octanol–water partition coefficient (Wildman–Crippen LogP) is 5.21. The van der Waals surface area contributed by atoms with Gasteiger partial charge in [-0.2, -0.15) is 0 Å². The van der Waals surface area contributed by atoms with Crippen LogP contribution in [0, 0.1) is 5.41 Å². The van der Waals surface area contributed by atoms with Gasteiger partial charge in [0, 0.05) is 5.56 Å². The summed E-state index contributed by atoms with van der Waals surface area (Å²) >= 11 is 3.97. The molecule has 0 N–H and O–H groups in total. The highest BCUT2D eigenvalue weighted by Gasteiger charge is 2.74. The van der Waals surface area contributed by atoms with Gasteiger partial charge in [0.25, 0.3) is 0 Å². The second-order valence-electron chi connectivity index (χ2n) is 7.38. The van der Waals surface area contributed by atoms with Crippen molar-refractivity contribution in [3.63, 3.8) is 0 Å². The van der Waals surface area contributed by atoms with Crippen LogP contribution in [0.25, 0.3) is 0 Å². The Hall–Kier alpha value is -2.19. The first kappa shape index (κ1) is 14.0. The number of Topliss-reactive ketones (excluding diaryl/α,β-unsaturated/α-hetero) is 1. The van der Waals surface area contributed by atoms with E-state index in [-0.39, 0.29) is 16.0 Å². The van der Waals surface area contributed by atoms with Crippen molar-refractivity contribution in [3.8, 4) is 0 Å². The van der Waals surface area contributed by atoms with E-state index in [0.29, 0.717) is 0 Å². The summed E-state index contributed by atoms with van der Waals surface area (Å²) in [6, 6.07) is 25.5. The fraction of sp³-hybridized carbons (Fsp3) is 0.174. The largest absolute Gasteiger partial charge is 0.293 e. The molecule has 0 heterocycles. The van der Waals surface area contributed by atoms with E-state index < -0.39 is 5.41 Å². The maximum Gasteiger partial charge on any atom is 0.172 e. The Bertz CT molecular complexity index is 1080. The van der Waals surface area contributed by atoms with Crippen LogP contribution >= 0.6 is 15.9 Å². The minimum atomic E-state index is -0.482. The van der Waals surface area contributed by atoms with E-state index in [2.05, 4.69) is 76.6 Å². The first-order chi connectivity index (χ1) is 12.2. The zero-order valence-electron chi connectivity index (χ0n) is 13.5. The summed E-state index contributed by atoms with van der Waals surface area (Å²) in [5.41, 5.74) is 6.41. The fourth-order valence-corrected chi connectivity index (χ4v) is 6.96. The zero-order chi connectivity index (χ0) is 16.8. The molecule has 0 radical (unpaired) electrons.